The zero-order chi connectivity index (χ0) is 12.4. The molecular weight excluding hydrogens is 290 g/mol. The fourth-order valence-corrected chi connectivity index (χ4v) is 1.44. The summed E-state index contributed by atoms with van der Waals surface area (Å²) in [6.07, 6.45) is 0. The third kappa shape index (κ3) is 2.27. The summed E-state index contributed by atoms with van der Waals surface area (Å²) in [5.41, 5.74) is 5.81. The molecule has 0 saturated heterocycles. The second-order valence-corrected chi connectivity index (χ2v) is 4.05. The van der Waals surface area contributed by atoms with E-state index in [4.69, 9.17) is 11.1 Å². The van der Waals surface area contributed by atoms with Crippen LogP contribution >= 0.6 is 15.9 Å². The number of nitrogens with zero attached hydrogens (tertiary/aromatic N) is 3. The maximum Gasteiger partial charge on any atom is 0.199 e. The molecule has 0 atom stereocenters. The molecule has 0 amide bonds. The normalized spacial score (nSPS) is 10.2. The monoisotopic (exact) mass is 297 g/mol. The van der Waals surface area contributed by atoms with E-state index in [9.17, 15) is 5.21 Å². The van der Waals surface area contributed by atoms with Gasteiger partial charge < -0.3 is 5.73 Å². The highest BCUT2D eigenvalue weighted by Crippen LogP contribution is 2.19. The van der Waals surface area contributed by atoms with E-state index in [1.807, 2.05) is 0 Å². The molecule has 0 aliphatic carbocycles. The smallest absolute Gasteiger partial charge is 0.199 e. The van der Waals surface area contributed by atoms with Gasteiger partial charge in [0.1, 0.15) is 0 Å². The third-order valence-electron chi connectivity index (χ3n) is 2.02. The second-order valence-electron chi connectivity index (χ2n) is 3.13. The molecule has 0 saturated carbocycles. The predicted octanol–water partition coefficient (Wildman–Crippen LogP) is 1.64. The van der Waals surface area contributed by atoms with Gasteiger partial charge in [0, 0.05) is 4.47 Å². The van der Waals surface area contributed by atoms with E-state index in [0.29, 0.717) is 10.8 Å². The number of hydrogen-bond donors (Lipinski definition) is 3. The largest absolute Gasteiger partial charge is 0.379 e. The number of benzene rings is 1. The van der Waals surface area contributed by atoms with E-state index in [0.717, 1.165) is 4.47 Å². The van der Waals surface area contributed by atoms with Gasteiger partial charge >= 0.3 is 0 Å². The van der Waals surface area contributed by atoms with E-state index in [2.05, 4.69) is 30.9 Å². The molecule has 0 bridgehead atoms. The van der Waals surface area contributed by atoms with Gasteiger partial charge in [0.2, 0.25) is 0 Å². The van der Waals surface area contributed by atoms with Crippen molar-refractivity contribution in [2.45, 2.75) is 0 Å². The van der Waals surface area contributed by atoms with E-state index in [1.54, 1.807) is 24.3 Å². The SMILES string of the molecule is N=C(c1nonc1N)N(O)c1ccc(Br)cc1. The lowest BCUT2D eigenvalue weighted by atomic mass is 10.3. The Bertz CT molecular complexity index is 539. The average molecular weight is 298 g/mol. The Morgan fingerprint density at radius 3 is 2.53 bits per heavy atom. The van der Waals surface area contributed by atoms with E-state index < -0.39 is 0 Å². The number of nitrogens with two attached hydrogens (primary N) is 1. The van der Waals surface area contributed by atoms with Gasteiger partial charge in [-0.3, -0.25) is 10.6 Å². The highest BCUT2D eigenvalue weighted by atomic mass is 79.9. The molecule has 8 heteroatoms. The minimum atomic E-state index is -0.314. The molecule has 0 spiro atoms. The van der Waals surface area contributed by atoms with Crippen LogP contribution in [0.15, 0.2) is 33.4 Å². The summed E-state index contributed by atoms with van der Waals surface area (Å²) >= 11 is 3.27. The van der Waals surface area contributed by atoms with Crippen molar-refractivity contribution < 1.29 is 9.84 Å². The molecule has 1 heterocycles. The number of hydroxylamine groups is 1. The van der Waals surface area contributed by atoms with Crippen molar-refractivity contribution >= 4 is 33.3 Å². The molecule has 17 heavy (non-hydrogen) atoms. The summed E-state index contributed by atoms with van der Waals surface area (Å²) in [5, 5.41) is 24.9. The Balaban J connectivity index is 2.26. The van der Waals surface area contributed by atoms with Crippen molar-refractivity contribution in [3.8, 4) is 0 Å². The summed E-state index contributed by atoms with van der Waals surface area (Å²) in [6.45, 7) is 0. The lowest BCUT2D eigenvalue weighted by Gasteiger charge is -2.15. The number of halogens is 1. The molecule has 0 unspecified atom stereocenters. The van der Waals surface area contributed by atoms with Crippen LogP contribution in [0.3, 0.4) is 0 Å². The molecule has 4 N–H and O–H groups in total. The Morgan fingerprint density at radius 2 is 2.00 bits per heavy atom. The van der Waals surface area contributed by atoms with Gasteiger partial charge in [-0.15, -0.1) is 0 Å². The van der Waals surface area contributed by atoms with Crippen molar-refractivity contribution in [1.82, 2.24) is 10.3 Å². The van der Waals surface area contributed by atoms with Crippen molar-refractivity contribution in [1.29, 1.82) is 5.41 Å². The van der Waals surface area contributed by atoms with E-state index in [-0.39, 0.29) is 17.3 Å². The number of amidine groups is 1. The fraction of sp³-hybridized carbons (Fsp3) is 0. The van der Waals surface area contributed by atoms with Gasteiger partial charge in [0.15, 0.2) is 17.3 Å². The quantitative estimate of drug-likeness (QED) is 0.441. The highest BCUT2D eigenvalue weighted by Gasteiger charge is 2.19. The molecule has 0 radical (unpaired) electrons. The number of nitrogen functional groups attached to an aromatic ring is 1. The summed E-state index contributed by atoms with van der Waals surface area (Å²) in [4.78, 5) is 0. The van der Waals surface area contributed by atoms with Crippen LogP contribution in [-0.2, 0) is 0 Å². The number of anilines is 2. The van der Waals surface area contributed by atoms with Gasteiger partial charge in [-0.2, -0.15) is 0 Å². The first-order valence-electron chi connectivity index (χ1n) is 4.51. The van der Waals surface area contributed by atoms with Gasteiger partial charge in [-0.25, -0.2) is 9.69 Å². The van der Waals surface area contributed by atoms with Gasteiger partial charge in [-0.05, 0) is 34.6 Å². The maximum absolute atomic E-state index is 9.80. The highest BCUT2D eigenvalue weighted by molar-refractivity contribution is 9.10. The molecule has 1 aromatic carbocycles. The van der Waals surface area contributed by atoms with E-state index in [1.165, 1.54) is 0 Å². The molecule has 0 aliphatic rings. The number of hydrogen-bond acceptors (Lipinski definition) is 6. The Morgan fingerprint density at radius 1 is 1.35 bits per heavy atom. The van der Waals surface area contributed by atoms with Crippen LogP contribution in [0.25, 0.3) is 0 Å². The van der Waals surface area contributed by atoms with Crippen LogP contribution in [0.1, 0.15) is 5.69 Å². The first kappa shape index (κ1) is 11.6. The van der Waals surface area contributed by atoms with Crippen LogP contribution < -0.4 is 10.8 Å². The number of aromatic nitrogens is 2. The molecule has 1 aromatic heterocycles. The van der Waals surface area contributed by atoms with Crippen molar-refractivity contribution in [2.75, 3.05) is 10.8 Å². The molecule has 2 aromatic rings. The standard InChI is InChI=1S/C9H8BrN5O2/c10-5-1-3-6(4-2-5)15(16)9(12)7-8(11)14-17-13-7/h1-4,12,16H,(H2,11,14). The van der Waals surface area contributed by atoms with Gasteiger partial charge in [0.25, 0.3) is 0 Å². The molecule has 7 nitrogen and oxygen atoms in total. The zero-order valence-corrected chi connectivity index (χ0v) is 10.0. The fourth-order valence-electron chi connectivity index (χ4n) is 1.17. The molecule has 0 aliphatic heterocycles. The second kappa shape index (κ2) is 4.52. The van der Waals surface area contributed by atoms with Gasteiger partial charge in [0.05, 0.1) is 5.69 Å². The molecule has 0 fully saturated rings. The molecular formula is C9H8BrN5O2. The summed E-state index contributed by atoms with van der Waals surface area (Å²) in [7, 11) is 0. The van der Waals surface area contributed by atoms with Gasteiger partial charge in [-0.1, -0.05) is 15.9 Å². The number of rotatable bonds is 2. The van der Waals surface area contributed by atoms with Crippen molar-refractivity contribution in [2.24, 2.45) is 0 Å². The lowest BCUT2D eigenvalue weighted by Crippen LogP contribution is -2.28. The Hall–Kier alpha value is -1.93. The molecule has 2 rings (SSSR count). The average Bonchev–Trinajstić information content (AvgIpc) is 2.74. The Labute approximate surface area is 104 Å². The first-order valence-corrected chi connectivity index (χ1v) is 5.30. The first-order chi connectivity index (χ1) is 8.09. The topological polar surface area (TPSA) is 112 Å². The predicted molar refractivity (Wildman–Crippen MR) is 63.9 cm³/mol. The van der Waals surface area contributed by atoms with Crippen LogP contribution in [0.2, 0.25) is 0 Å². The Kier molecular flexibility index (Phi) is 3.07. The number of nitrogens with one attached hydrogen (secondary N) is 1. The van der Waals surface area contributed by atoms with Crippen LogP contribution in [0, 0.1) is 5.41 Å². The van der Waals surface area contributed by atoms with Crippen LogP contribution in [0.5, 0.6) is 0 Å². The van der Waals surface area contributed by atoms with Crippen molar-refractivity contribution in [3.63, 3.8) is 0 Å². The third-order valence-corrected chi connectivity index (χ3v) is 2.55. The summed E-state index contributed by atoms with van der Waals surface area (Å²) in [5.74, 6) is -0.364. The summed E-state index contributed by atoms with van der Waals surface area (Å²) in [6, 6.07) is 6.72. The zero-order valence-electron chi connectivity index (χ0n) is 8.46. The minimum absolute atomic E-state index is 0.0181. The van der Waals surface area contributed by atoms with Crippen molar-refractivity contribution in [3.05, 3.63) is 34.4 Å². The molecule has 88 valence electrons. The van der Waals surface area contributed by atoms with E-state index >= 15 is 0 Å². The minimum Gasteiger partial charge on any atom is -0.379 e. The summed E-state index contributed by atoms with van der Waals surface area (Å²) < 4.78 is 5.23. The van der Waals surface area contributed by atoms with Crippen LogP contribution in [-0.4, -0.2) is 21.4 Å². The van der Waals surface area contributed by atoms with Crippen LogP contribution in [0.4, 0.5) is 11.5 Å². The lowest BCUT2D eigenvalue weighted by molar-refractivity contribution is 0.300. The maximum atomic E-state index is 9.80.